The summed E-state index contributed by atoms with van der Waals surface area (Å²) in [7, 11) is -4.05. The number of halogens is 1. The molecule has 190 valence electrons. The van der Waals surface area contributed by atoms with E-state index in [1.807, 2.05) is 31.2 Å². The molecule has 9 heteroatoms. The number of anilines is 1. The van der Waals surface area contributed by atoms with E-state index in [-0.39, 0.29) is 17.3 Å². The van der Waals surface area contributed by atoms with Gasteiger partial charge in [0, 0.05) is 17.6 Å². The zero-order valence-electron chi connectivity index (χ0n) is 20.5. The predicted octanol–water partition coefficient (Wildman–Crippen LogP) is 4.51. The molecule has 0 aliphatic rings. The van der Waals surface area contributed by atoms with Crippen LogP contribution in [0.5, 0.6) is 0 Å². The second kappa shape index (κ2) is 12.2. The first-order chi connectivity index (χ1) is 17.1. The molecule has 3 rings (SSSR count). The number of carbonyl (C=O) groups is 2. The zero-order chi connectivity index (χ0) is 26.3. The molecule has 0 saturated carbocycles. The Morgan fingerprint density at radius 1 is 0.944 bits per heavy atom. The molecule has 1 unspecified atom stereocenters. The molecule has 0 bridgehead atoms. The molecule has 0 aromatic heterocycles. The average molecular weight is 573 g/mol. The number of hydrogen-bond donors (Lipinski definition) is 1. The summed E-state index contributed by atoms with van der Waals surface area (Å²) in [5, 5.41) is 2.75. The van der Waals surface area contributed by atoms with E-state index >= 15 is 0 Å². The van der Waals surface area contributed by atoms with Crippen LogP contribution < -0.4 is 9.62 Å². The normalized spacial score (nSPS) is 12.0. The lowest BCUT2D eigenvalue weighted by Crippen LogP contribution is -2.51. The summed E-state index contributed by atoms with van der Waals surface area (Å²) in [4.78, 5) is 27.9. The first kappa shape index (κ1) is 27.4. The first-order valence-corrected chi connectivity index (χ1v) is 13.8. The maximum Gasteiger partial charge on any atom is 0.264 e. The molecular formula is C27H30BrN3O4S. The third kappa shape index (κ3) is 6.73. The SMILES string of the molecule is CCNC(=O)C(C)N(Cc1ccc(Br)cc1)C(=O)CN(c1ccc(C)cc1)S(=O)(=O)c1ccccc1. The number of benzene rings is 3. The summed E-state index contributed by atoms with van der Waals surface area (Å²) in [5.74, 6) is -0.799. The van der Waals surface area contributed by atoms with E-state index in [1.165, 1.54) is 17.0 Å². The lowest BCUT2D eigenvalue weighted by molar-refractivity contribution is -0.139. The van der Waals surface area contributed by atoms with Crippen LogP contribution in [0.25, 0.3) is 0 Å². The molecule has 3 aromatic rings. The van der Waals surface area contributed by atoms with Crippen LogP contribution in [-0.4, -0.2) is 44.3 Å². The number of carbonyl (C=O) groups excluding carboxylic acids is 2. The highest BCUT2D eigenvalue weighted by Crippen LogP contribution is 2.25. The smallest absolute Gasteiger partial charge is 0.264 e. The van der Waals surface area contributed by atoms with Gasteiger partial charge in [-0.05, 0) is 62.7 Å². The van der Waals surface area contributed by atoms with Crippen molar-refractivity contribution in [1.29, 1.82) is 0 Å². The van der Waals surface area contributed by atoms with Gasteiger partial charge >= 0.3 is 0 Å². The van der Waals surface area contributed by atoms with Gasteiger partial charge in [0.1, 0.15) is 12.6 Å². The van der Waals surface area contributed by atoms with E-state index in [0.29, 0.717) is 12.2 Å². The third-order valence-corrected chi connectivity index (χ3v) is 8.03. The number of hydrogen-bond acceptors (Lipinski definition) is 4. The molecule has 0 heterocycles. The van der Waals surface area contributed by atoms with Crippen molar-refractivity contribution in [2.24, 2.45) is 0 Å². The van der Waals surface area contributed by atoms with Crippen LogP contribution in [-0.2, 0) is 26.2 Å². The quantitative estimate of drug-likeness (QED) is 0.388. The molecule has 3 aromatic carbocycles. The minimum atomic E-state index is -4.05. The second-order valence-electron chi connectivity index (χ2n) is 8.38. The van der Waals surface area contributed by atoms with E-state index in [0.717, 1.165) is 19.9 Å². The van der Waals surface area contributed by atoms with Crippen molar-refractivity contribution < 1.29 is 18.0 Å². The van der Waals surface area contributed by atoms with Crippen LogP contribution in [0.4, 0.5) is 5.69 Å². The van der Waals surface area contributed by atoms with Crippen LogP contribution in [0.15, 0.2) is 88.2 Å². The number of likely N-dealkylation sites (N-methyl/N-ethyl adjacent to an activating group) is 1. The lowest BCUT2D eigenvalue weighted by Gasteiger charge is -2.32. The molecule has 0 saturated heterocycles. The van der Waals surface area contributed by atoms with Gasteiger partial charge in [-0.25, -0.2) is 8.42 Å². The van der Waals surface area contributed by atoms with Crippen molar-refractivity contribution in [3.8, 4) is 0 Å². The topological polar surface area (TPSA) is 86.8 Å². The number of rotatable bonds is 10. The number of sulfonamides is 1. The van der Waals surface area contributed by atoms with Gasteiger partial charge in [0.15, 0.2) is 0 Å². The first-order valence-electron chi connectivity index (χ1n) is 11.6. The van der Waals surface area contributed by atoms with Crippen molar-refractivity contribution >= 4 is 43.5 Å². The summed E-state index contributed by atoms with van der Waals surface area (Å²) in [6.45, 7) is 5.46. The van der Waals surface area contributed by atoms with Crippen LogP contribution in [0, 0.1) is 6.92 Å². The van der Waals surface area contributed by atoms with E-state index in [9.17, 15) is 18.0 Å². The van der Waals surface area contributed by atoms with E-state index < -0.39 is 28.5 Å². The van der Waals surface area contributed by atoms with Crippen molar-refractivity contribution in [1.82, 2.24) is 10.2 Å². The number of aryl methyl sites for hydroxylation is 1. The molecule has 0 aliphatic carbocycles. The largest absolute Gasteiger partial charge is 0.355 e. The fraction of sp³-hybridized carbons (Fsp3) is 0.259. The Morgan fingerprint density at radius 2 is 1.56 bits per heavy atom. The van der Waals surface area contributed by atoms with Crippen molar-refractivity contribution in [3.63, 3.8) is 0 Å². The van der Waals surface area contributed by atoms with E-state index in [4.69, 9.17) is 0 Å². The van der Waals surface area contributed by atoms with Crippen LogP contribution in [0.3, 0.4) is 0 Å². The predicted molar refractivity (Wildman–Crippen MR) is 145 cm³/mol. The molecule has 1 atom stereocenters. The fourth-order valence-corrected chi connectivity index (χ4v) is 5.35. The molecule has 0 aliphatic heterocycles. The van der Waals surface area contributed by atoms with Gasteiger partial charge in [-0.15, -0.1) is 0 Å². The Balaban J connectivity index is 2.00. The summed E-state index contributed by atoms with van der Waals surface area (Å²) < 4.78 is 29.3. The van der Waals surface area contributed by atoms with Gasteiger partial charge in [-0.1, -0.05) is 64.0 Å². The van der Waals surface area contributed by atoms with Crippen molar-refractivity contribution in [2.45, 2.75) is 38.3 Å². The Bertz CT molecular complexity index is 1280. The highest BCUT2D eigenvalue weighted by molar-refractivity contribution is 9.10. The summed E-state index contributed by atoms with van der Waals surface area (Å²) >= 11 is 3.40. The van der Waals surface area contributed by atoms with Gasteiger partial charge < -0.3 is 10.2 Å². The average Bonchev–Trinajstić information content (AvgIpc) is 2.87. The Kier molecular flexibility index (Phi) is 9.28. The Morgan fingerprint density at radius 3 is 2.14 bits per heavy atom. The second-order valence-corrected chi connectivity index (χ2v) is 11.2. The van der Waals surface area contributed by atoms with Gasteiger partial charge in [0.05, 0.1) is 10.6 Å². The van der Waals surface area contributed by atoms with Crippen LogP contribution >= 0.6 is 15.9 Å². The van der Waals surface area contributed by atoms with Gasteiger partial charge in [-0.2, -0.15) is 0 Å². The monoisotopic (exact) mass is 571 g/mol. The zero-order valence-corrected chi connectivity index (χ0v) is 22.9. The fourth-order valence-electron chi connectivity index (χ4n) is 3.65. The summed E-state index contributed by atoms with van der Waals surface area (Å²) in [6.07, 6.45) is 0. The van der Waals surface area contributed by atoms with Crippen LogP contribution in [0.1, 0.15) is 25.0 Å². The Labute approximate surface area is 221 Å². The third-order valence-electron chi connectivity index (χ3n) is 5.72. The highest BCUT2D eigenvalue weighted by atomic mass is 79.9. The molecule has 36 heavy (non-hydrogen) atoms. The molecule has 2 amide bonds. The minimum Gasteiger partial charge on any atom is -0.355 e. The van der Waals surface area contributed by atoms with Gasteiger partial charge in [0.2, 0.25) is 11.8 Å². The van der Waals surface area contributed by atoms with E-state index in [2.05, 4.69) is 21.2 Å². The maximum atomic E-state index is 13.7. The minimum absolute atomic E-state index is 0.0783. The van der Waals surface area contributed by atoms with E-state index in [1.54, 1.807) is 56.3 Å². The Hall–Kier alpha value is -3.17. The highest BCUT2D eigenvalue weighted by Gasteiger charge is 2.32. The lowest BCUT2D eigenvalue weighted by atomic mass is 10.1. The maximum absolute atomic E-state index is 13.7. The van der Waals surface area contributed by atoms with Gasteiger partial charge in [-0.3, -0.25) is 13.9 Å². The standard InChI is InChI=1S/C27H30BrN3O4S/c1-4-29-27(33)21(3)30(18-22-12-14-23(28)15-13-22)26(32)19-31(24-16-10-20(2)11-17-24)36(34,35)25-8-6-5-7-9-25/h5-17,21H,4,18-19H2,1-3H3,(H,29,33). The van der Waals surface area contributed by atoms with Crippen molar-refractivity contribution in [2.75, 3.05) is 17.4 Å². The molecule has 1 N–H and O–H groups in total. The van der Waals surface area contributed by atoms with Gasteiger partial charge in [0.25, 0.3) is 10.0 Å². The molecular weight excluding hydrogens is 542 g/mol. The summed E-state index contributed by atoms with van der Waals surface area (Å²) in [5.41, 5.74) is 2.14. The molecule has 0 fully saturated rings. The van der Waals surface area contributed by atoms with Crippen LogP contribution in [0.2, 0.25) is 0 Å². The molecule has 0 radical (unpaired) electrons. The van der Waals surface area contributed by atoms with Crippen molar-refractivity contribution in [3.05, 3.63) is 94.5 Å². The molecule has 7 nitrogen and oxygen atoms in total. The number of nitrogens with zero attached hydrogens (tertiary/aromatic N) is 2. The number of nitrogens with one attached hydrogen (secondary N) is 1. The molecule has 0 spiro atoms. The number of amides is 2. The summed E-state index contributed by atoms with van der Waals surface area (Å²) in [6, 6.07) is 21.6.